The predicted molar refractivity (Wildman–Crippen MR) is 113 cm³/mol. The van der Waals surface area contributed by atoms with Gasteiger partial charge in [-0.1, -0.05) is 18.2 Å². The molecule has 182 valence electrons. The number of benzene rings is 3. The first-order chi connectivity index (χ1) is 16.6. The topological polar surface area (TPSA) is 22.1 Å². The van der Waals surface area contributed by atoms with Gasteiger partial charge in [-0.25, -0.2) is 30.7 Å². The van der Waals surface area contributed by atoms with Crippen LogP contribution < -0.4 is 4.94 Å². The zero-order valence-electron chi connectivity index (χ0n) is 17.9. The Kier molecular flexibility index (Phi) is 8.06. The van der Waals surface area contributed by atoms with Gasteiger partial charge >= 0.3 is 0 Å². The van der Waals surface area contributed by atoms with E-state index in [9.17, 15) is 35.3 Å². The van der Waals surface area contributed by atoms with Crippen LogP contribution in [0.3, 0.4) is 0 Å². The molecule has 0 bridgehead atoms. The van der Waals surface area contributed by atoms with Gasteiger partial charge in [-0.15, -0.1) is 0 Å². The van der Waals surface area contributed by atoms with Gasteiger partial charge < -0.3 is 0 Å². The zero-order valence-corrected chi connectivity index (χ0v) is 17.9. The number of aromatic nitrogens is 1. The minimum atomic E-state index is -1.65. The molecular formula is C25H15F8NO. The van der Waals surface area contributed by atoms with Crippen molar-refractivity contribution in [1.82, 2.24) is 4.98 Å². The number of rotatable bonds is 4. The van der Waals surface area contributed by atoms with Crippen LogP contribution in [0.4, 0.5) is 35.3 Å². The van der Waals surface area contributed by atoms with E-state index in [1.54, 1.807) is 18.3 Å². The van der Waals surface area contributed by atoms with Gasteiger partial charge in [-0.2, -0.15) is 0 Å². The lowest BCUT2D eigenvalue weighted by molar-refractivity contribution is -0.00711. The molecule has 0 spiro atoms. The van der Waals surface area contributed by atoms with Gasteiger partial charge in [0.1, 0.15) is 24.1 Å². The molecule has 4 rings (SSSR count). The number of nitrogens with zero attached hydrogens (tertiary/aromatic N) is 1. The van der Waals surface area contributed by atoms with Crippen molar-refractivity contribution in [3.63, 3.8) is 0 Å². The number of aryl methyl sites for hydroxylation is 1. The molecule has 0 N–H and O–H groups in total. The van der Waals surface area contributed by atoms with Gasteiger partial charge in [0.15, 0.2) is 23.2 Å². The third-order valence-corrected chi connectivity index (χ3v) is 4.81. The normalized spacial score (nSPS) is 10.5. The van der Waals surface area contributed by atoms with Crippen LogP contribution >= 0.6 is 0 Å². The van der Waals surface area contributed by atoms with E-state index < -0.39 is 52.9 Å². The number of hydrogen-bond donors (Lipinski definition) is 0. The summed E-state index contributed by atoms with van der Waals surface area (Å²) in [6, 6.07) is 10.6. The summed E-state index contributed by atoms with van der Waals surface area (Å²) < 4.78 is 102. The maximum absolute atomic E-state index is 14.4. The Morgan fingerprint density at radius 2 is 1.31 bits per heavy atom. The second-order valence-corrected chi connectivity index (χ2v) is 7.25. The smallest absolute Gasteiger partial charge is 0.194 e. The van der Waals surface area contributed by atoms with Crippen molar-refractivity contribution in [3.05, 3.63) is 107 Å². The van der Waals surface area contributed by atoms with Gasteiger partial charge in [0.2, 0.25) is 0 Å². The minimum Gasteiger partial charge on any atom is -0.294 e. The molecule has 0 aliphatic heterocycles. The van der Waals surface area contributed by atoms with Crippen LogP contribution in [0.15, 0.2) is 60.8 Å². The summed E-state index contributed by atoms with van der Waals surface area (Å²) in [7, 11) is 0. The molecule has 0 aliphatic rings. The van der Waals surface area contributed by atoms with E-state index in [0.717, 1.165) is 17.7 Å². The molecule has 0 saturated carbocycles. The van der Waals surface area contributed by atoms with Crippen LogP contribution in [0.2, 0.25) is 0 Å². The Morgan fingerprint density at radius 3 is 1.80 bits per heavy atom. The lowest BCUT2D eigenvalue weighted by Crippen LogP contribution is -1.96. The predicted octanol–water partition coefficient (Wildman–Crippen LogP) is 7.98. The molecule has 1 heterocycles. The average Bonchev–Trinajstić information content (AvgIpc) is 2.82. The van der Waals surface area contributed by atoms with E-state index in [0.29, 0.717) is 23.4 Å². The molecular weight excluding hydrogens is 482 g/mol. The van der Waals surface area contributed by atoms with E-state index in [2.05, 4.69) is 9.93 Å². The van der Waals surface area contributed by atoms with Crippen LogP contribution in [0.5, 0.6) is 5.75 Å². The van der Waals surface area contributed by atoms with Gasteiger partial charge in [-0.05, 0) is 42.3 Å². The molecule has 3 aromatic carbocycles. The Morgan fingerprint density at radius 1 is 0.714 bits per heavy atom. The molecule has 0 aliphatic carbocycles. The van der Waals surface area contributed by atoms with Gasteiger partial charge in [-0.3, -0.25) is 9.93 Å². The summed E-state index contributed by atoms with van der Waals surface area (Å²) >= 11 is 0. The van der Waals surface area contributed by atoms with Crippen molar-refractivity contribution in [2.24, 2.45) is 0 Å². The van der Waals surface area contributed by atoms with Gasteiger partial charge in [0.25, 0.3) is 0 Å². The summed E-state index contributed by atoms with van der Waals surface area (Å²) in [5, 5.41) is 0. The maximum Gasteiger partial charge on any atom is 0.194 e. The highest BCUT2D eigenvalue weighted by molar-refractivity contribution is 5.70. The molecule has 0 fully saturated rings. The fourth-order valence-corrected chi connectivity index (χ4v) is 3.01. The van der Waals surface area contributed by atoms with Gasteiger partial charge in [0.05, 0.1) is 11.3 Å². The molecule has 35 heavy (non-hydrogen) atoms. The Bertz CT molecular complexity index is 1300. The van der Waals surface area contributed by atoms with Crippen molar-refractivity contribution in [2.45, 2.75) is 13.6 Å². The first-order valence-electron chi connectivity index (χ1n) is 9.84. The third kappa shape index (κ3) is 5.95. The zero-order chi connectivity index (χ0) is 25.7. The van der Waals surface area contributed by atoms with Crippen molar-refractivity contribution in [3.8, 4) is 28.1 Å². The van der Waals surface area contributed by atoms with Crippen LogP contribution in [0.1, 0.15) is 11.1 Å². The fraction of sp³-hybridized carbons (Fsp3) is 0.0800. The summed E-state index contributed by atoms with van der Waals surface area (Å²) in [5.74, 6) is -8.03. The minimum absolute atomic E-state index is 0.0168. The van der Waals surface area contributed by atoms with Crippen LogP contribution in [0.25, 0.3) is 22.4 Å². The molecule has 0 saturated heterocycles. The van der Waals surface area contributed by atoms with Crippen molar-refractivity contribution in [2.75, 3.05) is 0 Å². The Hall–Kier alpha value is -3.95. The summed E-state index contributed by atoms with van der Waals surface area (Å²) in [6.45, 7) is 0.642. The first kappa shape index (κ1) is 25.7. The van der Waals surface area contributed by atoms with E-state index in [-0.39, 0.29) is 11.1 Å². The number of pyridine rings is 1. The molecule has 0 amide bonds. The van der Waals surface area contributed by atoms with Crippen LogP contribution in [-0.4, -0.2) is 4.98 Å². The van der Waals surface area contributed by atoms with Crippen LogP contribution in [0, 0.1) is 41.8 Å². The number of hydrogen-bond acceptors (Lipinski definition) is 2. The molecule has 4 aromatic rings. The highest BCUT2D eigenvalue weighted by Gasteiger charge is 2.15. The second kappa shape index (κ2) is 11.0. The van der Waals surface area contributed by atoms with Crippen molar-refractivity contribution in [1.29, 1.82) is 0 Å². The highest BCUT2D eigenvalue weighted by Crippen LogP contribution is 2.30. The number of alkyl halides is 1. The second-order valence-electron chi connectivity index (χ2n) is 7.25. The summed E-state index contributed by atoms with van der Waals surface area (Å²) in [6.07, 6.45) is 1.67. The van der Waals surface area contributed by atoms with Gasteiger partial charge in [0, 0.05) is 34.0 Å². The van der Waals surface area contributed by atoms with Crippen molar-refractivity contribution < 1.29 is 40.2 Å². The molecule has 1 aromatic heterocycles. The quantitative estimate of drug-likeness (QED) is 0.211. The largest absolute Gasteiger partial charge is 0.294 e. The maximum atomic E-state index is 14.4. The molecule has 0 atom stereocenters. The molecule has 0 unspecified atom stereocenters. The first-order valence-corrected chi connectivity index (χ1v) is 9.84. The third-order valence-electron chi connectivity index (χ3n) is 4.81. The fourth-order valence-electron chi connectivity index (χ4n) is 3.01. The Balaban J connectivity index is 0.000000261. The highest BCUT2D eigenvalue weighted by atomic mass is 19.3. The number of halogens is 8. The average molecular weight is 497 g/mol. The SMILES string of the molecule is Cc1ccc(-c2ccc(-c3cc(F)c(CF)c(F)c3)c(F)c2)nc1.FOc1cc(F)c(F)c(F)c1. The lowest BCUT2D eigenvalue weighted by Gasteiger charge is -2.09. The van der Waals surface area contributed by atoms with E-state index in [4.69, 9.17) is 0 Å². The van der Waals surface area contributed by atoms with E-state index >= 15 is 0 Å². The summed E-state index contributed by atoms with van der Waals surface area (Å²) in [4.78, 5) is 7.20. The molecule has 0 radical (unpaired) electrons. The standard InChI is InChI=1S/C19H13F4N.C6H2F4O/c1-11-2-5-19(24-10-11)12-3-4-14(16(21)6-12)13-7-17(22)15(9-20)18(23)8-13;7-4-1-3(11-10)2-5(8)6(4)9/h2-8,10H,9H2,1H3;1-2H. The molecule has 10 heteroatoms. The van der Waals surface area contributed by atoms with Crippen molar-refractivity contribution >= 4 is 0 Å². The van der Waals surface area contributed by atoms with Crippen LogP contribution in [-0.2, 0) is 6.67 Å². The summed E-state index contributed by atoms with van der Waals surface area (Å²) in [5.41, 5.74) is 1.53. The lowest BCUT2D eigenvalue weighted by atomic mass is 10.00. The molecule has 2 nitrogen and oxygen atoms in total. The van der Waals surface area contributed by atoms with E-state index in [1.807, 2.05) is 13.0 Å². The van der Waals surface area contributed by atoms with E-state index in [1.165, 1.54) is 12.1 Å². The monoisotopic (exact) mass is 497 g/mol. The Labute approximate surface area is 194 Å².